The van der Waals surface area contributed by atoms with Gasteiger partial charge in [0.05, 0.1) is 12.1 Å². The fourth-order valence-corrected chi connectivity index (χ4v) is 4.92. The van der Waals surface area contributed by atoms with Gasteiger partial charge < -0.3 is 15.5 Å². The summed E-state index contributed by atoms with van der Waals surface area (Å²) < 4.78 is 13.2. The van der Waals surface area contributed by atoms with Gasteiger partial charge in [-0.25, -0.2) is 9.37 Å². The fraction of sp³-hybridized carbons (Fsp3) is 0.542. The molecule has 0 spiro atoms. The Morgan fingerprint density at radius 3 is 2.56 bits per heavy atom. The lowest BCUT2D eigenvalue weighted by molar-refractivity contribution is -0.121. The molecule has 4 rings (SSSR count). The van der Waals surface area contributed by atoms with Crippen molar-refractivity contribution < 1.29 is 9.18 Å². The van der Waals surface area contributed by atoms with Crippen LogP contribution in [0, 0.1) is 5.82 Å². The Morgan fingerprint density at radius 1 is 1.12 bits per heavy atom. The molecule has 0 unspecified atom stereocenters. The quantitative estimate of drug-likeness (QED) is 0.674. The molecular formula is C24H31ClFN5O. The maximum absolute atomic E-state index is 13.2. The Kier molecular flexibility index (Phi) is 7.13. The van der Waals surface area contributed by atoms with Gasteiger partial charge in [-0.05, 0) is 69.1 Å². The Morgan fingerprint density at radius 2 is 1.84 bits per heavy atom. The van der Waals surface area contributed by atoms with Gasteiger partial charge in [-0.15, -0.1) is 0 Å². The van der Waals surface area contributed by atoms with E-state index < -0.39 is 5.82 Å². The van der Waals surface area contributed by atoms with Crippen molar-refractivity contribution in [1.82, 2.24) is 15.3 Å². The second-order valence-electron chi connectivity index (χ2n) is 9.07. The highest BCUT2D eigenvalue weighted by molar-refractivity contribution is 6.31. The second-order valence-corrected chi connectivity index (χ2v) is 9.48. The normalized spacial score (nSPS) is 20.4. The van der Waals surface area contributed by atoms with Crippen molar-refractivity contribution in [2.75, 3.05) is 24.3 Å². The van der Waals surface area contributed by atoms with Crippen LogP contribution in [0.4, 0.5) is 16.2 Å². The standard InChI is InChI=1S/C24H31ClFN5O/c1-31(2)23-19-5-3-4-6-21(19)29-24(30-23)28-18-11-9-17(10-12-18)27-22(32)13-15-7-8-16(26)14-20(15)25/h7-8,14,17-18H,3-6,9-13H2,1-2H3,(H,27,32)(H,28,29,30). The van der Waals surface area contributed by atoms with Gasteiger partial charge in [0, 0.05) is 36.8 Å². The van der Waals surface area contributed by atoms with Crippen molar-refractivity contribution >= 4 is 29.3 Å². The molecule has 1 fully saturated rings. The number of aromatic nitrogens is 2. The molecule has 1 aromatic carbocycles. The molecule has 0 saturated heterocycles. The number of rotatable bonds is 6. The monoisotopic (exact) mass is 459 g/mol. The number of hydrogen-bond acceptors (Lipinski definition) is 5. The van der Waals surface area contributed by atoms with E-state index in [1.54, 1.807) is 6.07 Å². The number of carbonyl (C=O) groups is 1. The topological polar surface area (TPSA) is 70.2 Å². The maximum Gasteiger partial charge on any atom is 0.225 e. The molecule has 2 aromatic rings. The summed E-state index contributed by atoms with van der Waals surface area (Å²) in [5.74, 6) is 1.26. The predicted octanol–water partition coefficient (Wildman–Crippen LogP) is 4.30. The van der Waals surface area contributed by atoms with Gasteiger partial charge in [0.25, 0.3) is 0 Å². The summed E-state index contributed by atoms with van der Waals surface area (Å²) >= 11 is 6.04. The smallest absolute Gasteiger partial charge is 0.225 e. The van der Waals surface area contributed by atoms with Crippen LogP contribution in [-0.4, -0.2) is 42.1 Å². The lowest BCUT2D eigenvalue weighted by Gasteiger charge is -2.30. The number of nitrogens with zero attached hydrogens (tertiary/aromatic N) is 3. The first-order valence-electron chi connectivity index (χ1n) is 11.5. The van der Waals surface area contributed by atoms with Crippen molar-refractivity contribution in [3.05, 3.63) is 45.9 Å². The van der Waals surface area contributed by atoms with Crippen LogP contribution in [-0.2, 0) is 24.1 Å². The molecule has 1 amide bonds. The highest BCUT2D eigenvalue weighted by atomic mass is 35.5. The zero-order valence-corrected chi connectivity index (χ0v) is 19.5. The van der Waals surface area contributed by atoms with Gasteiger partial charge in [0.2, 0.25) is 11.9 Å². The highest BCUT2D eigenvalue weighted by Gasteiger charge is 2.25. The van der Waals surface area contributed by atoms with Gasteiger partial charge >= 0.3 is 0 Å². The predicted molar refractivity (Wildman–Crippen MR) is 126 cm³/mol. The molecule has 0 aliphatic heterocycles. The van der Waals surface area contributed by atoms with E-state index in [-0.39, 0.29) is 23.4 Å². The molecule has 1 heterocycles. The minimum absolute atomic E-state index is 0.0800. The van der Waals surface area contributed by atoms with Crippen molar-refractivity contribution in [3.8, 4) is 0 Å². The molecule has 32 heavy (non-hydrogen) atoms. The first-order chi connectivity index (χ1) is 15.4. The lowest BCUT2D eigenvalue weighted by Crippen LogP contribution is -2.41. The number of halogens is 2. The van der Waals surface area contributed by atoms with Gasteiger partial charge in [-0.3, -0.25) is 4.79 Å². The number of hydrogen-bond donors (Lipinski definition) is 2. The van der Waals surface area contributed by atoms with Crippen molar-refractivity contribution in [2.24, 2.45) is 0 Å². The summed E-state index contributed by atoms with van der Waals surface area (Å²) in [7, 11) is 4.07. The molecule has 1 saturated carbocycles. The Hall–Kier alpha value is -2.41. The lowest BCUT2D eigenvalue weighted by atomic mass is 9.91. The average molecular weight is 460 g/mol. The Balaban J connectivity index is 1.30. The first-order valence-corrected chi connectivity index (χ1v) is 11.8. The zero-order valence-electron chi connectivity index (χ0n) is 18.8. The van der Waals surface area contributed by atoms with E-state index in [4.69, 9.17) is 21.6 Å². The summed E-state index contributed by atoms with van der Waals surface area (Å²) in [5, 5.41) is 6.93. The van der Waals surface area contributed by atoms with Gasteiger partial charge in [0.15, 0.2) is 0 Å². The molecule has 0 atom stereocenters. The molecule has 0 radical (unpaired) electrons. The summed E-state index contributed by atoms with van der Waals surface area (Å²) in [5.41, 5.74) is 3.11. The number of fused-ring (bicyclic) bond motifs is 1. The summed E-state index contributed by atoms with van der Waals surface area (Å²) in [6.45, 7) is 0. The molecule has 172 valence electrons. The third kappa shape index (κ3) is 5.49. The molecule has 8 heteroatoms. The van der Waals surface area contributed by atoms with Gasteiger partial charge in [-0.1, -0.05) is 17.7 Å². The van der Waals surface area contributed by atoms with Crippen molar-refractivity contribution in [3.63, 3.8) is 0 Å². The summed E-state index contributed by atoms with van der Waals surface area (Å²) in [6.07, 6.45) is 8.30. The second kappa shape index (κ2) is 10.0. The highest BCUT2D eigenvalue weighted by Crippen LogP contribution is 2.29. The molecule has 0 bridgehead atoms. The number of benzene rings is 1. The van der Waals surface area contributed by atoms with Crippen LogP contribution < -0.4 is 15.5 Å². The van der Waals surface area contributed by atoms with E-state index in [0.29, 0.717) is 17.6 Å². The average Bonchev–Trinajstić information content (AvgIpc) is 2.76. The van der Waals surface area contributed by atoms with Crippen molar-refractivity contribution in [1.29, 1.82) is 0 Å². The fourth-order valence-electron chi connectivity index (χ4n) is 4.69. The van der Waals surface area contributed by atoms with Crippen LogP contribution in [0.2, 0.25) is 5.02 Å². The minimum Gasteiger partial charge on any atom is -0.362 e. The van der Waals surface area contributed by atoms with E-state index in [1.165, 1.54) is 36.2 Å². The number of anilines is 2. The third-order valence-corrected chi connectivity index (χ3v) is 6.73. The van der Waals surface area contributed by atoms with Gasteiger partial charge in [0.1, 0.15) is 11.6 Å². The molecular weight excluding hydrogens is 429 g/mol. The number of aryl methyl sites for hydroxylation is 1. The van der Waals surface area contributed by atoms with Crippen LogP contribution in [0.15, 0.2) is 18.2 Å². The van der Waals surface area contributed by atoms with Crippen molar-refractivity contribution in [2.45, 2.75) is 69.9 Å². The SMILES string of the molecule is CN(C)c1nc(NC2CCC(NC(=O)Cc3ccc(F)cc3Cl)CC2)nc2c1CCCC2. The van der Waals surface area contributed by atoms with E-state index in [2.05, 4.69) is 15.5 Å². The zero-order chi connectivity index (χ0) is 22.7. The molecule has 6 nitrogen and oxygen atoms in total. The molecule has 2 N–H and O–H groups in total. The van der Waals surface area contributed by atoms with Crippen LogP contribution >= 0.6 is 11.6 Å². The van der Waals surface area contributed by atoms with Gasteiger partial charge in [-0.2, -0.15) is 4.98 Å². The largest absolute Gasteiger partial charge is 0.362 e. The van der Waals surface area contributed by atoms with E-state index in [9.17, 15) is 9.18 Å². The molecule has 2 aliphatic rings. The van der Waals surface area contributed by atoms with Crippen LogP contribution in [0.5, 0.6) is 0 Å². The minimum atomic E-state index is -0.398. The number of amides is 1. The maximum atomic E-state index is 13.2. The summed E-state index contributed by atoms with van der Waals surface area (Å²) in [6, 6.07) is 4.58. The van der Waals surface area contributed by atoms with E-state index in [1.807, 2.05) is 14.1 Å². The Bertz CT molecular complexity index is 975. The van der Waals surface area contributed by atoms with E-state index >= 15 is 0 Å². The summed E-state index contributed by atoms with van der Waals surface area (Å²) in [4.78, 5) is 24.1. The van der Waals surface area contributed by atoms with Crippen LogP contribution in [0.3, 0.4) is 0 Å². The first kappa shape index (κ1) is 22.8. The molecule has 1 aromatic heterocycles. The number of carbonyl (C=O) groups excluding carboxylic acids is 1. The Labute approximate surface area is 194 Å². The van der Waals surface area contributed by atoms with Crippen LogP contribution in [0.1, 0.15) is 55.3 Å². The third-order valence-electron chi connectivity index (χ3n) is 6.38. The van der Waals surface area contributed by atoms with E-state index in [0.717, 1.165) is 44.3 Å². The molecule has 2 aliphatic carbocycles. The van der Waals surface area contributed by atoms with Crippen LogP contribution in [0.25, 0.3) is 0 Å². The number of nitrogens with one attached hydrogen (secondary N) is 2.